The molecule has 0 bridgehead atoms. The third-order valence-corrected chi connectivity index (χ3v) is 16.2. The molecule has 0 radical (unpaired) electrons. The Morgan fingerprint density at radius 2 is 0.916 bits per heavy atom. The first-order valence-electron chi connectivity index (χ1n) is 34.7. The minimum absolute atomic E-state index is 0.109. The summed E-state index contributed by atoms with van der Waals surface area (Å²) >= 11 is 0. The van der Waals surface area contributed by atoms with Gasteiger partial charge in [-0.05, 0) is 77.0 Å². The fourth-order valence-corrected chi connectivity index (χ4v) is 10.7. The van der Waals surface area contributed by atoms with Crippen molar-refractivity contribution in [3.63, 3.8) is 0 Å². The highest BCUT2D eigenvalue weighted by molar-refractivity contribution is 5.80. The Kier molecular flexibility index (Phi) is 55.9. The van der Waals surface area contributed by atoms with Crippen LogP contribution in [0, 0.1) is 0 Å². The summed E-state index contributed by atoms with van der Waals surface area (Å²) < 4.78 is 17.7. The molecule has 11 heteroatoms. The molecule has 0 spiro atoms. The van der Waals surface area contributed by atoms with Gasteiger partial charge in [0.25, 0.3) is 0 Å². The SMILES string of the molecule is CC/C=C/C=C/C=C/CCCCCCCCCC(=O)OC1C(OCC(NC(=O)C(O)CCCCCCCCCCCCCCCCCC/C=C\C/C=C\CCCCC)C(O)/C=C/CCCCCCCCCCCCC)OC(CO)C(O)C1O. The highest BCUT2D eigenvalue weighted by Crippen LogP contribution is 2.26. The molecule has 0 aromatic heterocycles. The molecule has 0 saturated carbocycles. The standard InChI is InChI=1S/C72H129NO10/c1-4-7-10-13-16-19-22-25-27-28-29-30-31-32-33-34-35-36-37-39-41-44-47-50-53-56-59-65(76)71(80)73-63(64(75)58-55-52-49-46-43-40-24-21-18-15-12-9-6-3)62-81-72-70(69(79)68(78)66(61-74)82-72)83-67(77)60-57-54-51-48-45-42-38-26-23-20-17-14-11-8-5-2/h8,11,14,16-17,19-20,23,25,27,55,58,63-66,68-70,72,74-76,78-79H,4-7,9-10,12-13,15,18,21-22,24,26,28-54,56-57,59-62H2,1-3H3,(H,73,80)/b11-8+,17-14+,19-16-,23-20+,27-25-,58-55+. The van der Waals surface area contributed by atoms with Crippen molar-refractivity contribution in [1.29, 1.82) is 0 Å². The summed E-state index contributed by atoms with van der Waals surface area (Å²) in [7, 11) is 0. The summed E-state index contributed by atoms with van der Waals surface area (Å²) in [5.74, 6) is -1.20. The van der Waals surface area contributed by atoms with Crippen LogP contribution >= 0.6 is 0 Å². The molecule has 482 valence electrons. The second kappa shape index (κ2) is 59.4. The number of unbranched alkanes of at least 4 members (excludes halogenated alkanes) is 37. The first kappa shape index (κ1) is 78.1. The van der Waals surface area contributed by atoms with Crippen LogP contribution in [0.15, 0.2) is 72.9 Å². The molecule has 83 heavy (non-hydrogen) atoms. The van der Waals surface area contributed by atoms with E-state index < -0.39 is 67.4 Å². The van der Waals surface area contributed by atoms with Crippen LogP contribution in [0.1, 0.15) is 310 Å². The highest BCUT2D eigenvalue weighted by Gasteiger charge is 2.47. The van der Waals surface area contributed by atoms with E-state index in [0.29, 0.717) is 19.3 Å². The van der Waals surface area contributed by atoms with E-state index in [2.05, 4.69) is 80.8 Å². The van der Waals surface area contributed by atoms with Gasteiger partial charge in [0.2, 0.25) is 5.91 Å². The van der Waals surface area contributed by atoms with Gasteiger partial charge >= 0.3 is 5.97 Å². The Balaban J connectivity index is 2.57. The number of allylic oxidation sites excluding steroid dienone is 11. The lowest BCUT2D eigenvalue weighted by Gasteiger charge is -2.41. The molecule has 0 aromatic carbocycles. The third kappa shape index (κ3) is 46.9. The molecule has 1 aliphatic rings. The molecule has 8 unspecified atom stereocenters. The highest BCUT2D eigenvalue weighted by atomic mass is 16.7. The van der Waals surface area contributed by atoms with Gasteiger partial charge in [0.15, 0.2) is 12.4 Å². The molecule has 8 atom stereocenters. The Bertz CT molecular complexity index is 1630. The monoisotopic (exact) mass is 1170 g/mol. The molecule has 11 nitrogen and oxygen atoms in total. The maximum absolute atomic E-state index is 13.5. The van der Waals surface area contributed by atoms with Crippen molar-refractivity contribution in [3.8, 4) is 0 Å². The fraction of sp³-hybridized carbons (Fsp3) is 0.806. The maximum atomic E-state index is 13.5. The van der Waals surface area contributed by atoms with E-state index in [1.165, 1.54) is 167 Å². The summed E-state index contributed by atoms with van der Waals surface area (Å²) in [5.41, 5.74) is 0. The van der Waals surface area contributed by atoms with Gasteiger partial charge in [-0.15, -0.1) is 0 Å². The summed E-state index contributed by atoms with van der Waals surface area (Å²) in [5, 5.41) is 57.2. The summed E-state index contributed by atoms with van der Waals surface area (Å²) in [6, 6.07) is -1.03. The number of aliphatic hydroxyl groups is 5. The van der Waals surface area contributed by atoms with Crippen molar-refractivity contribution in [2.24, 2.45) is 0 Å². The smallest absolute Gasteiger partial charge is 0.306 e. The van der Waals surface area contributed by atoms with E-state index in [-0.39, 0.29) is 13.0 Å². The number of nitrogens with one attached hydrogen (secondary N) is 1. The number of ether oxygens (including phenoxy) is 3. The van der Waals surface area contributed by atoms with Crippen LogP contribution in [0.5, 0.6) is 0 Å². The van der Waals surface area contributed by atoms with Gasteiger partial charge in [-0.2, -0.15) is 0 Å². The van der Waals surface area contributed by atoms with Crippen LogP contribution in [0.2, 0.25) is 0 Å². The normalized spacial score (nSPS) is 19.0. The van der Waals surface area contributed by atoms with E-state index in [0.717, 1.165) is 96.3 Å². The van der Waals surface area contributed by atoms with Gasteiger partial charge in [-0.1, -0.05) is 299 Å². The second-order valence-electron chi connectivity index (χ2n) is 23.9. The zero-order valence-corrected chi connectivity index (χ0v) is 53.6. The molecular formula is C72H129NO10. The van der Waals surface area contributed by atoms with Gasteiger partial charge in [-0.25, -0.2) is 0 Å². The zero-order valence-electron chi connectivity index (χ0n) is 53.6. The average Bonchev–Trinajstić information content (AvgIpc) is 3.54. The van der Waals surface area contributed by atoms with Crippen LogP contribution in [-0.2, 0) is 23.8 Å². The lowest BCUT2D eigenvalue weighted by atomic mass is 9.99. The molecule has 0 aliphatic carbocycles. The Morgan fingerprint density at radius 3 is 1.41 bits per heavy atom. The lowest BCUT2D eigenvalue weighted by Crippen LogP contribution is -2.61. The molecule has 1 fully saturated rings. The van der Waals surface area contributed by atoms with Gasteiger partial charge < -0.3 is 45.1 Å². The van der Waals surface area contributed by atoms with Crippen LogP contribution in [0.25, 0.3) is 0 Å². The molecule has 1 rings (SSSR count). The van der Waals surface area contributed by atoms with Crippen LogP contribution < -0.4 is 5.32 Å². The Labute approximate surface area is 509 Å². The number of hydrogen-bond acceptors (Lipinski definition) is 10. The maximum Gasteiger partial charge on any atom is 0.306 e. The van der Waals surface area contributed by atoms with Crippen molar-refractivity contribution >= 4 is 11.9 Å². The number of rotatable bonds is 59. The quantitative estimate of drug-likeness (QED) is 0.0149. The first-order valence-corrected chi connectivity index (χ1v) is 34.7. The molecule has 1 aliphatic heterocycles. The van der Waals surface area contributed by atoms with E-state index >= 15 is 0 Å². The molecule has 1 heterocycles. The summed E-state index contributed by atoms with van der Waals surface area (Å²) in [6.45, 7) is 5.66. The van der Waals surface area contributed by atoms with Gasteiger partial charge in [0.1, 0.15) is 24.4 Å². The second-order valence-corrected chi connectivity index (χ2v) is 23.9. The number of hydrogen-bond donors (Lipinski definition) is 6. The van der Waals surface area contributed by atoms with Gasteiger partial charge in [0.05, 0.1) is 25.4 Å². The number of carbonyl (C=O) groups is 2. The van der Waals surface area contributed by atoms with Gasteiger partial charge in [0, 0.05) is 6.42 Å². The summed E-state index contributed by atoms with van der Waals surface area (Å²) in [6.07, 6.45) is 66.6. The summed E-state index contributed by atoms with van der Waals surface area (Å²) in [4.78, 5) is 26.6. The third-order valence-electron chi connectivity index (χ3n) is 16.2. The molecular weight excluding hydrogens is 1040 g/mol. The molecule has 6 N–H and O–H groups in total. The predicted molar refractivity (Wildman–Crippen MR) is 347 cm³/mol. The number of amides is 1. The lowest BCUT2D eigenvalue weighted by molar-refractivity contribution is -0.305. The van der Waals surface area contributed by atoms with Crippen LogP contribution in [0.4, 0.5) is 0 Å². The fourth-order valence-electron chi connectivity index (χ4n) is 10.7. The Morgan fingerprint density at radius 1 is 0.494 bits per heavy atom. The largest absolute Gasteiger partial charge is 0.454 e. The minimum atomic E-state index is -1.62. The number of carbonyl (C=O) groups excluding carboxylic acids is 2. The van der Waals surface area contributed by atoms with E-state index in [9.17, 15) is 35.1 Å². The number of aliphatic hydroxyl groups excluding tert-OH is 5. The topological polar surface area (TPSA) is 175 Å². The van der Waals surface area contributed by atoms with Crippen LogP contribution in [-0.4, -0.2) is 99.6 Å². The predicted octanol–water partition coefficient (Wildman–Crippen LogP) is 17.5. The molecule has 0 aromatic rings. The van der Waals surface area contributed by atoms with E-state index in [1.807, 2.05) is 12.2 Å². The minimum Gasteiger partial charge on any atom is -0.454 e. The van der Waals surface area contributed by atoms with E-state index in [1.54, 1.807) is 6.08 Å². The zero-order chi connectivity index (χ0) is 60.3. The van der Waals surface area contributed by atoms with Crippen molar-refractivity contribution in [2.75, 3.05) is 13.2 Å². The van der Waals surface area contributed by atoms with Crippen molar-refractivity contribution in [3.05, 3.63) is 72.9 Å². The average molecular weight is 1170 g/mol. The van der Waals surface area contributed by atoms with Crippen LogP contribution in [0.3, 0.4) is 0 Å². The van der Waals surface area contributed by atoms with Gasteiger partial charge in [-0.3, -0.25) is 9.59 Å². The first-order chi connectivity index (χ1) is 40.7. The molecule has 1 saturated heterocycles. The van der Waals surface area contributed by atoms with Crippen molar-refractivity contribution < 1.29 is 49.3 Å². The Hall–Kier alpha value is -2.90. The van der Waals surface area contributed by atoms with E-state index in [4.69, 9.17) is 14.2 Å². The van der Waals surface area contributed by atoms with Crippen molar-refractivity contribution in [1.82, 2.24) is 5.32 Å². The van der Waals surface area contributed by atoms with Crippen molar-refractivity contribution in [2.45, 2.75) is 359 Å². The number of esters is 1. The molecule has 1 amide bonds.